The maximum absolute atomic E-state index is 13.2. The molecule has 172 valence electrons. The first-order valence-corrected chi connectivity index (χ1v) is 10.7. The lowest BCUT2D eigenvalue weighted by molar-refractivity contribution is -0.139. The van der Waals surface area contributed by atoms with Crippen LogP contribution in [0.25, 0.3) is 5.76 Å². The molecule has 0 unspecified atom stereocenters. The van der Waals surface area contributed by atoms with Gasteiger partial charge in [0, 0.05) is 38.2 Å². The van der Waals surface area contributed by atoms with Crippen molar-refractivity contribution in [3.05, 3.63) is 71.1 Å². The molecule has 9 heteroatoms. The minimum Gasteiger partial charge on any atom is -0.507 e. The van der Waals surface area contributed by atoms with Gasteiger partial charge in [0.05, 0.1) is 36.3 Å². The number of rotatable bonds is 7. The van der Waals surface area contributed by atoms with Gasteiger partial charge in [0.15, 0.2) is 0 Å². The van der Waals surface area contributed by atoms with E-state index in [0.29, 0.717) is 47.8 Å². The molecule has 0 bridgehead atoms. The molecular formula is C24H27N5O4. The number of amides is 1. The van der Waals surface area contributed by atoms with Gasteiger partial charge in [-0.1, -0.05) is 12.1 Å². The van der Waals surface area contributed by atoms with Gasteiger partial charge in [-0.25, -0.2) is 4.98 Å². The van der Waals surface area contributed by atoms with E-state index in [1.54, 1.807) is 56.5 Å². The molecule has 0 aliphatic carbocycles. The van der Waals surface area contributed by atoms with E-state index in [0.717, 1.165) is 0 Å². The van der Waals surface area contributed by atoms with Crippen molar-refractivity contribution in [3.63, 3.8) is 0 Å². The number of hydrogen-bond acceptors (Lipinski definition) is 6. The Kier molecular flexibility index (Phi) is 6.04. The van der Waals surface area contributed by atoms with Crippen LogP contribution in [-0.2, 0) is 23.2 Å². The Morgan fingerprint density at radius 1 is 1.21 bits per heavy atom. The number of aliphatic hydroxyl groups excluding tert-OH is 1. The molecule has 1 fully saturated rings. The normalized spacial score (nSPS) is 17.7. The lowest BCUT2D eigenvalue weighted by atomic mass is 9.94. The van der Waals surface area contributed by atoms with E-state index in [1.165, 1.54) is 4.90 Å². The van der Waals surface area contributed by atoms with Crippen LogP contribution >= 0.6 is 0 Å². The molecule has 2 aromatic heterocycles. The maximum Gasteiger partial charge on any atom is 0.295 e. The van der Waals surface area contributed by atoms with Crippen LogP contribution in [0, 0.1) is 13.8 Å². The fourth-order valence-corrected chi connectivity index (χ4v) is 4.36. The van der Waals surface area contributed by atoms with E-state index in [4.69, 9.17) is 4.74 Å². The third-order valence-electron chi connectivity index (χ3n) is 6.07. The van der Waals surface area contributed by atoms with Gasteiger partial charge in [-0.05, 0) is 38.0 Å². The molecule has 3 heterocycles. The lowest BCUT2D eigenvalue weighted by Crippen LogP contribution is -2.31. The minimum atomic E-state index is -0.734. The molecular weight excluding hydrogens is 422 g/mol. The zero-order valence-electron chi connectivity index (χ0n) is 19.1. The summed E-state index contributed by atoms with van der Waals surface area (Å²) in [6, 6.07) is 6.49. The van der Waals surface area contributed by atoms with Gasteiger partial charge in [-0.3, -0.25) is 14.3 Å². The van der Waals surface area contributed by atoms with E-state index in [-0.39, 0.29) is 11.3 Å². The molecule has 0 spiro atoms. The molecule has 1 aromatic carbocycles. The van der Waals surface area contributed by atoms with Crippen LogP contribution in [0.15, 0.2) is 48.6 Å². The number of carbonyl (C=O) groups is 2. The topological polar surface area (TPSA) is 102 Å². The number of ether oxygens (including phenoxy) is 1. The highest BCUT2D eigenvalue weighted by Crippen LogP contribution is 2.41. The molecule has 1 saturated heterocycles. The molecule has 1 amide bonds. The van der Waals surface area contributed by atoms with Crippen LogP contribution in [0.3, 0.4) is 0 Å². The van der Waals surface area contributed by atoms with Crippen molar-refractivity contribution < 1.29 is 19.4 Å². The third kappa shape index (κ3) is 4.02. The molecule has 1 atom stereocenters. The SMILES string of the molecule is COc1cccc([C@H]2C(=C(O)c3c(C)nn(C)c3C)C(=O)C(=O)N2CCCn2ccnc2)c1. The first-order valence-electron chi connectivity index (χ1n) is 10.7. The van der Waals surface area contributed by atoms with Gasteiger partial charge in [-0.2, -0.15) is 5.10 Å². The van der Waals surface area contributed by atoms with Crippen LogP contribution in [-0.4, -0.2) is 54.7 Å². The van der Waals surface area contributed by atoms with Crippen molar-refractivity contribution >= 4 is 17.4 Å². The Morgan fingerprint density at radius 2 is 2.00 bits per heavy atom. The summed E-state index contributed by atoms with van der Waals surface area (Å²) in [5.41, 5.74) is 2.53. The number of methoxy groups -OCH3 is 1. The second kappa shape index (κ2) is 8.93. The van der Waals surface area contributed by atoms with E-state index in [1.807, 2.05) is 23.8 Å². The Balaban J connectivity index is 1.79. The molecule has 4 rings (SSSR count). The highest BCUT2D eigenvalue weighted by atomic mass is 16.5. The first-order chi connectivity index (χ1) is 15.8. The van der Waals surface area contributed by atoms with Crippen LogP contribution in [0.1, 0.15) is 35.0 Å². The number of benzene rings is 1. The van der Waals surface area contributed by atoms with Gasteiger partial charge in [0.1, 0.15) is 11.5 Å². The lowest BCUT2D eigenvalue weighted by Gasteiger charge is -2.25. The number of imidazole rings is 1. The molecule has 3 aromatic rings. The average molecular weight is 450 g/mol. The number of hydrogen-bond donors (Lipinski definition) is 1. The quantitative estimate of drug-likeness (QED) is 0.338. The summed E-state index contributed by atoms with van der Waals surface area (Å²) in [7, 11) is 3.33. The number of aryl methyl sites for hydroxylation is 3. The molecule has 33 heavy (non-hydrogen) atoms. The van der Waals surface area contributed by atoms with Crippen molar-refractivity contribution in [1.82, 2.24) is 24.2 Å². The number of aromatic nitrogens is 4. The Labute approximate surface area is 191 Å². The summed E-state index contributed by atoms with van der Waals surface area (Å²) >= 11 is 0. The fourth-order valence-electron chi connectivity index (χ4n) is 4.36. The van der Waals surface area contributed by atoms with Crippen molar-refractivity contribution in [2.45, 2.75) is 32.9 Å². The second-order valence-corrected chi connectivity index (χ2v) is 8.09. The predicted molar refractivity (Wildman–Crippen MR) is 122 cm³/mol. The molecule has 9 nitrogen and oxygen atoms in total. The monoisotopic (exact) mass is 449 g/mol. The Hall–Kier alpha value is -3.88. The Bertz CT molecular complexity index is 1230. The smallest absolute Gasteiger partial charge is 0.295 e. The van der Waals surface area contributed by atoms with Crippen LogP contribution < -0.4 is 4.74 Å². The van der Waals surface area contributed by atoms with Gasteiger partial charge in [0.25, 0.3) is 11.7 Å². The number of likely N-dealkylation sites (tertiary alicyclic amines) is 1. The van der Waals surface area contributed by atoms with E-state index in [9.17, 15) is 14.7 Å². The van der Waals surface area contributed by atoms with Gasteiger partial charge < -0.3 is 19.3 Å². The predicted octanol–water partition coefficient (Wildman–Crippen LogP) is 2.75. The second-order valence-electron chi connectivity index (χ2n) is 8.09. The zero-order chi connectivity index (χ0) is 23.7. The highest BCUT2D eigenvalue weighted by molar-refractivity contribution is 6.46. The fraction of sp³-hybridized carbons (Fsp3) is 0.333. The molecule has 1 aliphatic rings. The van der Waals surface area contributed by atoms with Crippen LogP contribution in [0.2, 0.25) is 0 Å². The number of ketones is 1. The Morgan fingerprint density at radius 3 is 2.64 bits per heavy atom. The van der Waals surface area contributed by atoms with Gasteiger partial charge in [0.2, 0.25) is 0 Å². The minimum absolute atomic E-state index is 0.0649. The molecule has 1 aliphatic heterocycles. The first kappa shape index (κ1) is 22.3. The van der Waals surface area contributed by atoms with Gasteiger partial charge >= 0.3 is 0 Å². The zero-order valence-corrected chi connectivity index (χ0v) is 19.1. The van der Waals surface area contributed by atoms with Crippen molar-refractivity contribution in [2.75, 3.05) is 13.7 Å². The maximum atomic E-state index is 13.2. The molecule has 1 N–H and O–H groups in total. The van der Waals surface area contributed by atoms with Crippen LogP contribution in [0.4, 0.5) is 0 Å². The summed E-state index contributed by atoms with van der Waals surface area (Å²) in [5, 5.41) is 15.7. The summed E-state index contributed by atoms with van der Waals surface area (Å²) in [6.07, 6.45) is 5.87. The summed E-state index contributed by atoms with van der Waals surface area (Å²) in [6.45, 7) is 4.57. The number of carbonyl (C=O) groups excluding carboxylic acids is 2. The van der Waals surface area contributed by atoms with Crippen LogP contribution in [0.5, 0.6) is 5.75 Å². The van der Waals surface area contributed by atoms with Crippen molar-refractivity contribution in [2.24, 2.45) is 7.05 Å². The molecule has 0 saturated carbocycles. The summed E-state index contributed by atoms with van der Waals surface area (Å²) < 4.78 is 8.93. The highest BCUT2D eigenvalue weighted by Gasteiger charge is 2.46. The van der Waals surface area contributed by atoms with Crippen molar-refractivity contribution in [1.29, 1.82) is 0 Å². The molecule has 0 radical (unpaired) electrons. The largest absolute Gasteiger partial charge is 0.507 e. The van der Waals surface area contributed by atoms with E-state index >= 15 is 0 Å². The third-order valence-corrected chi connectivity index (χ3v) is 6.07. The number of nitrogens with zero attached hydrogens (tertiary/aromatic N) is 5. The summed E-state index contributed by atoms with van der Waals surface area (Å²) in [5.74, 6) is -0.938. The van der Waals surface area contributed by atoms with Gasteiger partial charge in [-0.15, -0.1) is 0 Å². The summed E-state index contributed by atoms with van der Waals surface area (Å²) in [4.78, 5) is 31.9. The number of Topliss-reactive ketones (excluding diaryl/α,β-unsaturated/α-hetero) is 1. The van der Waals surface area contributed by atoms with Crippen molar-refractivity contribution in [3.8, 4) is 5.75 Å². The standard InChI is InChI=1S/C24H27N5O4/c1-15-19(16(2)27(3)26-15)22(30)20-21(17-7-5-8-18(13-17)33-4)29(24(32)23(20)31)11-6-10-28-12-9-25-14-28/h5,7-9,12-14,21,30H,6,10-11H2,1-4H3/t21-/m0/s1. The average Bonchev–Trinajstić information content (AvgIpc) is 3.47. The number of aliphatic hydroxyl groups is 1. The van der Waals surface area contributed by atoms with E-state index < -0.39 is 17.7 Å². The van der Waals surface area contributed by atoms with E-state index in [2.05, 4.69) is 10.1 Å².